The van der Waals surface area contributed by atoms with Crippen LogP contribution < -0.4 is 0 Å². The summed E-state index contributed by atoms with van der Waals surface area (Å²) in [6.07, 6.45) is 5.28. The van der Waals surface area contributed by atoms with Gasteiger partial charge in [0.1, 0.15) is 0 Å². The lowest BCUT2D eigenvalue weighted by Gasteiger charge is -2.08. The Balaban J connectivity index is 2.05. The predicted molar refractivity (Wildman–Crippen MR) is 80.4 cm³/mol. The molecule has 2 heterocycles. The third kappa shape index (κ3) is 2.47. The number of rotatable bonds is 3. The molecule has 0 bridgehead atoms. The standard InChI is InChI=1S/C14H11BrN4O2/c1-18-13(7-11(17-18)14(20)21)9-2-3-12(10(15)6-9)19-5-4-16-8-19/h2-8H,1H3,(H,20,21). The summed E-state index contributed by atoms with van der Waals surface area (Å²) in [7, 11) is 1.72. The Hall–Kier alpha value is -2.41. The quantitative estimate of drug-likeness (QED) is 0.791. The van der Waals surface area contributed by atoms with Crippen molar-refractivity contribution in [2.75, 3.05) is 0 Å². The minimum atomic E-state index is -1.04. The number of carbonyl (C=O) groups is 1. The molecule has 0 radical (unpaired) electrons. The van der Waals surface area contributed by atoms with Gasteiger partial charge in [-0.3, -0.25) is 4.68 Å². The van der Waals surface area contributed by atoms with E-state index >= 15 is 0 Å². The summed E-state index contributed by atoms with van der Waals surface area (Å²) in [5.41, 5.74) is 2.61. The molecule has 0 unspecified atom stereocenters. The first kappa shape index (κ1) is 13.6. The van der Waals surface area contributed by atoms with E-state index in [-0.39, 0.29) is 5.69 Å². The molecule has 21 heavy (non-hydrogen) atoms. The van der Waals surface area contributed by atoms with Gasteiger partial charge in [-0.2, -0.15) is 5.10 Å². The fourth-order valence-electron chi connectivity index (χ4n) is 2.12. The van der Waals surface area contributed by atoms with Gasteiger partial charge in [-0.1, -0.05) is 6.07 Å². The van der Waals surface area contributed by atoms with E-state index in [1.807, 2.05) is 29.0 Å². The molecule has 0 aliphatic heterocycles. The van der Waals surface area contributed by atoms with Crippen LogP contribution in [0.1, 0.15) is 10.5 Å². The van der Waals surface area contributed by atoms with E-state index in [0.29, 0.717) is 0 Å². The molecule has 0 atom stereocenters. The third-order valence-electron chi connectivity index (χ3n) is 3.12. The van der Waals surface area contributed by atoms with Gasteiger partial charge in [0, 0.05) is 29.5 Å². The molecular weight excluding hydrogens is 336 g/mol. The van der Waals surface area contributed by atoms with Gasteiger partial charge in [0.2, 0.25) is 0 Å². The van der Waals surface area contributed by atoms with Gasteiger partial charge in [0.15, 0.2) is 5.69 Å². The number of carboxylic acids is 1. The molecule has 0 saturated carbocycles. The molecule has 6 nitrogen and oxygen atoms in total. The van der Waals surface area contributed by atoms with Crippen molar-refractivity contribution in [3.63, 3.8) is 0 Å². The molecule has 7 heteroatoms. The second kappa shape index (κ2) is 5.17. The maximum absolute atomic E-state index is 11.0. The zero-order valence-electron chi connectivity index (χ0n) is 11.1. The topological polar surface area (TPSA) is 72.9 Å². The molecule has 0 aliphatic carbocycles. The zero-order valence-corrected chi connectivity index (χ0v) is 12.6. The van der Waals surface area contributed by atoms with E-state index in [9.17, 15) is 4.79 Å². The van der Waals surface area contributed by atoms with Gasteiger partial charge in [0.05, 0.1) is 17.7 Å². The molecule has 0 amide bonds. The number of imidazole rings is 1. The Labute approximate surface area is 128 Å². The van der Waals surface area contributed by atoms with E-state index < -0.39 is 5.97 Å². The zero-order chi connectivity index (χ0) is 15.0. The predicted octanol–water partition coefficient (Wildman–Crippen LogP) is 2.73. The largest absolute Gasteiger partial charge is 0.476 e. The molecule has 0 aliphatic rings. The molecule has 2 aromatic heterocycles. The van der Waals surface area contributed by atoms with Crippen LogP contribution in [0, 0.1) is 0 Å². The fraction of sp³-hybridized carbons (Fsp3) is 0.0714. The number of hydrogen-bond acceptors (Lipinski definition) is 3. The van der Waals surface area contributed by atoms with Crippen molar-refractivity contribution in [2.45, 2.75) is 0 Å². The molecule has 1 N–H and O–H groups in total. The molecule has 0 spiro atoms. The molecule has 3 aromatic rings. The van der Waals surface area contributed by atoms with Crippen molar-refractivity contribution in [3.05, 3.63) is 53.2 Å². The normalized spacial score (nSPS) is 10.8. The highest BCUT2D eigenvalue weighted by Gasteiger charge is 2.13. The van der Waals surface area contributed by atoms with E-state index in [1.165, 1.54) is 0 Å². The lowest BCUT2D eigenvalue weighted by molar-refractivity contribution is 0.0689. The first-order chi connectivity index (χ1) is 10.1. The Bertz CT molecular complexity index is 809. The Morgan fingerprint density at radius 1 is 1.33 bits per heavy atom. The van der Waals surface area contributed by atoms with Crippen LogP contribution in [0.25, 0.3) is 16.9 Å². The van der Waals surface area contributed by atoms with Crippen LogP contribution in [0.5, 0.6) is 0 Å². The molecule has 0 fully saturated rings. The number of nitrogens with zero attached hydrogens (tertiary/aromatic N) is 4. The summed E-state index contributed by atoms with van der Waals surface area (Å²) in [4.78, 5) is 15.0. The monoisotopic (exact) mass is 346 g/mol. The summed E-state index contributed by atoms with van der Waals surface area (Å²) in [5.74, 6) is -1.04. The maximum atomic E-state index is 11.0. The average molecular weight is 347 g/mol. The fourth-order valence-corrected chi connectivity index (χ4v) is 2.70. The minimum absolute atomic E-state index is 0.0299. The minimum Gasteiger partial charge on any atom is -0.476 e. The highest BCUT2D eigenvalue weighted by Crippen LogP contribution is 2.28. The summed E-state index contributed by atoms with van der Waals surface area (Å²) in [6.45, 7) is 0. The highest BCUT2D eigenvalue weighted by atomic mass is 79.9. The van der Waals surface area contributed by atoms with Gasteiger partial charge < -0.3 is 9.67 Å². The lowest BCUT2D eigenvalue weighted by Crippen LogP contribution is -1.99. The number of carboxylic acid groups (broad SMARTS) is 1. The van der Waals surface area contributed by atoms with Gasteiger partial charge in [-0.05, 0) is 34.1 Å². The van der Waals surface area contributed by atoms with Crippen LogP contribution in [-0.2, 0) is 7.05 Å². The van der Waals surface area contributed by atoms with Crippen LogP contribution in [-0.4, -0.2) is 30.4 Å². The molecule has 1 aromatic carbocycles. The van der Waals surface area contributed by atoms with Gasteiger partial charge in [-0.15, -0.1) is 0 Å². The Morgan fingerprint density at radius 3 is 2.71 bits per heavy atom. The summed E-state index contributed by atoms with van der Waals surface area (Å²) < 4.78 is 4.33. The maximum Gasteiger partial charge on any atom is 0.356 e. The number of aromatic carboxylic acids is 1. The van der Waals surface area contributed by atoms with Crippen LogP contribution in [0.4, 0.5) is 0 Å². The second-order valence-electron chi connectivity index (χ2n) is 4.48. The molecule has 3 rings (SSSR count). The van der Waals surface area contributed by atoms with Crippen molar-refractivity contribution in [3.8, 4) is 16.9 Å². The van der Waals surface area contributed by atoms with Crippen LogP contribution in [0.15, 0.2) is 47.5 Å². The number of hydrogen-bond donors (Lipinski definition) is 1. The van der Waals surface area contributed by atoms with Crippen molar-refractivity contribution < 1.29 is 9.90 Å². The molecule has 106 valence electrons. The van der Waals surface area contributed by atoms with Crippen molar-refractivity contribution in [1.82, 2.24) is 19.3 Å². The second-order valence-corrected chi connectivity index (χ2v) is 5.33. The Kier molecular flexibility index (Phi) is 3.34. The van der Waals surface area contributed by atoms with E-state index in [1.54, 1.807) is 30.3 Å². The van der Waals surface area contributed by atoms with Crippen molar-refractivity contribution in [1.29, 1.82) is 0 Å². The van der Waals surface area contributed by atoms with Gasteiger partial charge >= 0.3 is 5.97 Å². The highest BCUT2D eigenvalue weighted by molar-refractivity contribution is 9.10. The summed E-state index contributed by atoms with van der Waals surface area (Å²) in [5, 5.41) is 13.0. The van der Waals surface area contributed by atoms with Crippen molar-refractivity contribution in [2.24, 2.45) is 7.05 Å². The summed E-state index contributed by atoms with van der Waals surface area (Å²) >= 11 is 3.53. The first-order valence-electron chi connectivity index (χ1n) is 6.12. The van der Waals surface area contributed by atoms with E-state index in [2.05, 4.69) is 26.0 Å². The third-order valence-corrected chi connectivity index (χ3v) is 3.76. The molecule has 0 saturated heterocycles. The Morgan fingerprint density at radius 2 is 2.14 bits per heavy atom. The van der Waals surface area contributed by atoms with Gasteiger partial charge in [-0.25, -0.2) is 9.78 Å². The first-order valence-corrected chi connectivity index (χ1v) is 6.91. The van der Waals surface area contributed by atoms with Crippen LogP contribution in [0.2, 0.25) is 0 Å². The van der Waals surface area contributed by atoms with Crippen molar-refractivity contribution >= 4 is 21.9 Å². The summed E-state index contributed by atoms with van der Waals surface area (Å²) in [6, 6.07) is 7.34. The van der Waals surface area contributed by atoms with E-state index in [4.69, 9.17) is 5.11 Å². The smallest absolute Gasteiger partial charge is 0.356 e. The lowest BCUT2D eigenvalue weighted by atomic mass is 10.1. The van der Waals surface area contributed by atoms with E-state index in [0.717, 1.165) is 21.4 Å². The molecular formula is C14H11BrN4O2. The number of benzene rings is 1. The number of aromatic nitrogens is 4. The SMILES string of the molecule is Cn1nc(C(=O)O)cc1-c1ccc(-n2ccnc2)c(Br)c1. The van der Waals surface area contributed by atoms with Crippen LogP contribution >= 0.6 is 15.9 Å². The van der Waals surface area contributed by atoms with Crippen LogP contribution in [0.3, 0.4) is 0 Å². The van der Waals surface area contributed by atoms with Gasteiger partial charge in [0.25, 0.3) is 0 Å². The average Bonchev–Trinajstić information content (AvgIpc) is 3.07. The number of halogens is 1. The number of aryl methyl sites for hydroxylation is 1.